The molecule has 0 saturated heterocycles. The summed E-state index contributed by atoms with van der Waals surface area (Å²) >= 11 is 0. The van der Waals surface area contributed by atoms with Gasteiger partial charge >= 0.3 is 0 Å². The van der Waals surface area contributed by atoms with Gasteiger partial charge in [-0.25, -0.2) is 4.98 Å². The summed E-state index contributed by atoms with van der Waals surface area (Å²) in [6.07, 6.45) is 3.96. The number of nitrogens with zero attached hydrogens (tertiary/aromatic N) is 2. The fraction of sp³-hybridized carbons (Fsp3) is 0.235. The molecule has 21 heavy (non-hydrogen) atoms. The first-order chi connectivity index (χ1) is 10.3. The van der Waals surface area contributed by atoms with Crippen molar-refractivity contribution in [3.8, 4) is 0 Å². The van der Waals surface area contributed by atoms with Gasteiger partial charge in [0, 0.05) is 12.7 Å². The molecule has 4 heteroatoms. The van der Waals surface area contributed by atoms with Crippen molar-refractivity contribution in [2.75, 3.05) is 6.61 Å². The molecule has 108 valence electrons. The number of hydrogen-bond acceptors (Lipinski definition) is 3. The molecular formula is C17H19N3O. The van der Waals surface area contributed by atoms with Crippen LogP contribution in [0.5, 0.6) is 0 Å². The van der Waals surface area contributed by atoms with E-state index in [0.717, 1.165) is 16.9 Å². The van der Waals surface area contributed by atoms with Crippen molar-refractivity contribution in [1.29, 1.82) is 0 Å². The SMILES string of the molecule is Cc1ccc2ncc(CNC(CO)c3ccccc3)n2c1. The number of nitrogens with one attached hydrogen (secondary N) is 1. The first-order valence-corrected chi connectivity index (χ1v) is 7.09. The highest BCUT2D eigenvalue weighted by molar-refractivity contribution is 5.41. The van der Waals surface area contributed by atoms with Gasteiger partial charge in [-0.1, -0.05) is 36.4 Å². The van der Waals surface area contributed by atoms with Gasteiger partial charge in [0.25, 0.3) is 0 Å². The number of hydrogen-bond donors (Lipinski definition) is 2. The van der Waals surface area contributed by atoms with Crippen molar-refractivity contribution in [3.63, 3.8) is 0 Å². The van der Waals surface area contributed by atoms with E-state index in [-0.39, 0.29) is 12.6 Å². The Labute approximate surface area is 124 Å². The molecule has 4 nitrogen and oxygen atoms in total. The summed E-state index contributed by atoms with van der Waals surface area (Å²) in [5, 5.41) is 13.0. The first-order valence-electron chi connectivity index (χ1n) is 7.09. The van der Waals surface area contributed by atoms with E-state index in [9.17, 15) is 5.11 Å². The summed E-state index contributed by atoms with van der Waals surface area (Å²) in [6.45, 7) is 2.79. The lowest BCUT2D eigenvalue weighted by molar-refractivity contribution is 0.243. The van der Waals surface area contributed by atoms with Crippen LogP contribution in [0, 0.1) is 6.92 Å². The van der Waals surface area contributed by atoms with Crippen molar-refractivity contribution in [3.05, 3.63) is 71.7 Å². The number of aliphatic hydroxyl groups excluding tert-OH is 1. The summed E-state index contributed by atoms with van der Waals surface area (Å²) in [6, 6.07) is 14.0. The van der Waals surface area contributed by atoms with Crippen LogP contribution in [0.15, 0.2) is 54.9 Å². The van der Waals surface area contributed by atoms with E-state index in [2.05, 4.69) is 33.9 Å². The third kappa shape index (κ3) is 2.96. The van der Waals surface area contributed by atoms with Crippen molar-refractivity contribution in [1.82, 2.24) is 14.7 Å². The molecule has 2 heterocycles. The Kier molecular flexibility index (Phi) is 3.99. The number of benzene rings is 1. The van der Waals surface area contributed by atoms with Crippen molar-refractivity contribution >= 4 is 5.65 Å². The van der Waals surface area contributed by atoms with Crippen LogP contribution in [-0.2, 0) is 6.54 Å². The molecule has 0 amide bonds. The fourth-order valence-electron chi connectivity index (χ4n) is 2.47. The van der Waals surface area contributed by atoms with Gasteiger partial charge in [-0.3, -0.25) is 0 Å². The van der Waals surface area contributed by atoms with Gasteiger partial charge in [-0.05, 0) is 24.1 Å². The molecule has 0 spiro atoms. The zero-order chi connectivity index (χ0) is 14.7. The van der Waals surface area contributed by atoms with Crippen LogP contribution < -0.4 is 5.32 Å². The molecule has 0 saturated carbocycles. The number of aromatic nitrogens is 2. The number of rotatable bonds is 5. The highest BCUT2D eigenvalue weighted by Crippen LogP contribution is 2.14. The van der Waals surface area contributed by atoms with Crippen LogP contribution >= 0.6 is 0 Å². The summed E-state index contributed by atoms with van der Waals surface area (Å²) in [5.74, 6) is 0. The van der Waals surface area contributed by atoms with E-state index in [4.69, 9.17) is 0 Å². The minimum Gasteiger partial charge on any atom is -0.394 e. The molecule has 0 radical (unpaired) electrons. The first kappa shape index (κ1) is 13.8. The monoisotopic (exact) mass is 281 g/mol. The molecule has 0 bridgehead atoms. The molecular weight excluding hydrogens is 262 g/mol. The summed E-state index contributed by atoms with van der Waals surface area (Å²) in [5.41, 5.74) is 4.31. The van der Waals surface area contributed by atoms with Gasteiger partial charge in [0.05, 0.1) is 24.5 Å². The Morgan fingerprint density at radius 3 is 2.76 bits per heavy atom. The summed E-state index contributed by atoms with van der Waals surface area (Å²) < 4.78 is 2.09. The molecule has 1 atom stereocenters. The average molecular weight is 281 g/mol. The van der Waals surface area contributed by atoms with Crippen LogP contribution in [-0.4, -0.2) is 21.1 Å². The number of aliphatic hydroxyl groups is 1. The molecule has 1 unspecified atom stereocenters. The van der Waals surface area contributed by atoms with Crippen LogP contribution in [0.2, 0.25) is 0 Å². The van der Waals surface area contributed by atoms with E-state index in [1.807, 2.05) is 42.6 Å². The molecule has 2 aromatic heterocycles. The Bertz CT molecular complexity index is 721. The minimum atomic E-state index is -0.0680. The summed E-state index contributed by atoms with van der Waals surface area (Å²) in [4.78, 5) is 4.40. The fourth-order valence-corrected chi connectivity index (χ4v) is 2.47. The number of imidazole rings is 1. The predicted octanol–water partition coefficient (Wildman–Crippen LogP) is 2.47. The van der Waals surface area contributed by atoms with E-state index in [1.54, 1.807) is 0 Å². The maximum atomic E-state index is 9.58. The maximum Gasteiger partial charge on any atom is 0.136 e. The Morgan fingerprint density at radius 1 is 1.19 bits per heavy atom. The maximum absolute atomic E-state index is 9.58. The highest BCUT2D eigenvalue weighted by atomic mass is 16.3. The quantitative estimate of drug-likeness (QED) is 0.755. The van der Waals surface area contributed by atoms with Crippen molar-refractivity contribution in [2.45, 2.75) is 19.5 Å². The zero-order valence-electron chi connectivity index (χ0n) is 12.0. The predicted molar refractivity (Wildman–Crippen MR) is 83.0 cm³/mol. The van der Waals surface area contributed by atoms with Crippen LogP contribution in [0.25, 0.3) is 5.65 Å². The normalized spacial score (nSPS) is 12.7. The van der Waals surface area contributed by atoms with E-state index >= 15 is 0 Å². The van der Waals surface area contributed by atoms with Crippen LogP contribution in [0.1, 0.15) is 22.9 Å². The van der Waals surface area contributed by atoms with Gasteiger partial charge in [0.15, 0.2) is 0 Å². The minimum absolute atomic E-state index is 0.0680. The molecule has 3 aromatic rings. The molecule has 0 aliphatic rings. The largest absolute Gasteiger partial charge is 0.394 e. The number of aryl methyl sites for hydroxylation is 1. The number of fused-ring (bicyclic) bond motifs is 1. The molecule has 3 rings (SSSR count). The topological polar surface area (TPSA) is 49.6 Å². The standard InChI is InChI=1S/C17H19N3O/c1-13-7-8-17-19-10-15(20(17)11-13)9-18-16(12-21)14-5-3-2-4-6-14/h2-8,10-11,16,18,21H,9,12H2,1H3. The molecule has 1 aromatic carbocycles. The zero-order valence-corrected chi connectivity index (χ0v) is 12.0. The van der Waals surface area contributed by atoms with Gasteiger partial charge in [0.1, 0.15) is 5.65 Å². The Morgan fingerprint density at radius 2 is 2.00 bits per heavy atom. The average Bonchev–Trinajstić information content (AvgIpc) is 2.91. The van der Waals surface area contributed by atoms with Crippen LogP contribution in [0.3, 0.4) is 0 Å². The second-order valence-electron chi connectivity index (χ2n) is 5.21. The molecule has 0 fully saturated rings. The lowest BCUT2D eigenvalue weighted by Crippen LogP contribution is -2.24. The lowest BCUT2D eigenvalue weighted by Gasteiger charge is -2.16. The van der Waals surface area contributed by atoms with Gasteiger partial charge in [-0.15, -0.1) is 0 Å². The highest BCUT2D eigenvalue weighted by Gasteiger charge is 2.10. The van der Waals surface area contributed by atoms with E-state index in [0.29, 0.717) is 6.54 Å². The number of pyridine rings is 1. The summed E-state index contributed by atoms with van der Waals surface area (Å²) in [7, 11) is 0. The smallest absolute Gasteiger partial charge is 0.136 e. The Balaban J connectivity index is 1.78. The molecule has 0 aliphatic heterocycles. The van der Waals surface area contributed by atoms with E-state index < -0.39 is 0 Å². The molecule has 0 aliphatic carbocycles. The lowest BCUT2D eigenvalue weighted by atomic mass is 10.1. The third-order valence-electron chi connectivity index (χ3n) is 3.64. The Hall–Kier alpha value is -2.17. The van der Waals surface area contributed by atoms with Crippen molar-refractivity contribution in [2.24, 2.45) is 0 Å². The second kappa shape index (κ2) is 6.08. The van der Waals surface area contributed by atoms with Gasteiger partial charge in [-0.2, -0.15) is 0 Å². The second-order valence-corrected chi connectivity index (χ2v) is 5.21. The van der Waals surface area contributed by atoms with Crippen molar-refractivity contribution < 1.29 is 5.11 Å². The van der Waals surface area contributed by atoms with E-state index in [1.165, 1.54) is 5.56 Å². The van der Waals surface area contributed by atoms with Crippen LogP contribution in [0.4, 0.5) is 0 Å². The van der Waals surface area contributed by atoms with Gasteiger partial charge < -0.3 is 14.8 Å². The molecule has 2 N–H and O–H groups in total. The van der Waals surface area contributed by atoms with Gasteiger partial charge in [0.2, 0.25) is 0 Å². The third-order valence-corrected chi connectivity index (χ3v) is 3.64.